The lowest BCUT2D eigenvalue weighted by Crippen LogP contribution is -2.66. The number of alkyl halides is 8. The minimum atomic E-state index is -5.79. The Kier molecular flexibility index (Phi) is 9.62. The molecule has 4 atom stereocenters. The summed E-state index contributed by atoms with van der Waals surface area (Å²) in [5.41, 5.74) is 8.36. The van der Waals surface area contributed by atoms with E-state index in [9.17, 15) is 35.1 Å². The van der Waals surface area contributed by atoms with Crippen molar-refractivity contribution in [3.05, 3.63) is 0 Å². The largest absolute Gasteiger partial charge is 0.437 e. The zero-order valence-corrected chi connectivity index (χ0v) is 9.94. The third kappa shape index (κ3) is 4.90. The summed E-state index contributed by atoms with van der Waals surface area (Å²) in [5, 5.41) is 0. The molecule has 0 amide bonds. The van der Waals surface area contributed by atoms with Crippen molar-refractivity contribution in [1.29, 1.82) is 0 Å². The molecule has 0 aromatic carbocycles. The van der Waals surface area contributed by atoms with Crippen molar-refractivity contribution < 1.29 is 35.1 Å². The Labute approximate surface area is 109 Å². The van der Waals surface area contributed by atoms with Gasteiger partial charge in [-0.1, -0.05) is 0 Å². The molecule has 0 radical (unpaired) electrons. The van der Waals surface area contributed by atoms with Crippen molar-refractivity contribution in [2.75, 3.05) is 0 Å². The molecule has 4 N–H and O–H groups in total. The molecule has 4 unspecified atom stereocenters. The summed E-state index contributed by atoms with van der Waals surface area (Å²) in [6, 6.07) is -3.28. The third-order valence-electron chi connectivity index (χ3n) is 1.81. The molecule has 0 saturated heterocycles. The van der Waals surface area contributed by atoms with E-state index in [2.05, 4.69) is 11.5 Å². The Balaban J connectivity index is -0.00000112. The average Bonchev–Trinajstić information content (AvgIpc) is 2.12. The first kappa shape index (κ1) is 23.1. The van der Waals surface area contributed by atoms with Gasteiger partial charge in [0, 0.05) is 0 Å². The molecular weight excluding hydrogens is 323 g/mol. The van der Waals surface area contributed by atoms with E-state index in [4.69, 9.17) is 0 Å². The van der Waals surface area contributed by atoms with Gasteiger partial charge in [0.1, 0.15) is 0 Å². The Morgan fingerprint density at radius 1 is 0.778 bits per heavy atom. The Morgan fingerprint density at radius 2 is 1.11 bits per heavy atom. The molecule has 114 valence electrons. The van der Waals surface area contributed by atoms with Crippen LogP contribution >= 0.6 is 24.8 Å². The Hall–Kier alpha value is -0.0600. The molecule has 2 nitrogen and oxygen atoms in total. The molecule has 0 aromatic rings. The first-order valence-electron chi connectivity index (χ1n) is 3.79. The predicted molar refractivity (Wildman–Crippen MR) is 52.3 cm³/mol. The highest BCUT2D eigenvalue weighted by molar-refractivity contribution is 5.85. The Morgan fingerprint density at radius 3 is 1.33 bits per heavy atom. The highest BCUT2D eigenvalue weighted by Gasteiger charge is 2.61. The molecule has 0 spiro atoms. The van der Waals surface area contributed by atoms with Crippen LogP contribution in [0.3, 0.4) is 0 Å². The molecule has 0 fully saturated rings. The van der Waals surface area contributed by atoms with Crippen LogP contribution in [0.5, 0.6) is 0 Å². The van der Waals surface area contributed by atoms with E-state index in [0.29, 0.717) is 0 Å². The second-order valence-corrected chi connectivity index (χ2v) is 3.01. The van der Waals surface area contributed by atoms with E-state index >= 15 is 0 Å². The molecule has 0 heterocycles. The SMILES string of the molecule is Cl.Cl.NC(C(F)C(F)C(F)F)C(N)(F)C(F)(F)F. The number of hydrogen-bond acceptors (Lipinski definition) is 2. The summed E-state index contributed by atoms with van der Waals surface area (Å²) in [6.45, 7) is 0. The van der Waals surface area contributed by atoms with E-state index in [1.807, 2.05) is 0 Å². The number of rotatable bonds is 4. The molecule has 0 aliphatic carbocycles. The molecule has 0 aromatic heterocycles. The molecule has 0 saturated carbocycles. The van der Waals surface area contributed by atoms with Crippen molar-refractivity contribution >= 4 is 24.8 Å². The van der Waals surface area contributed by atoms with Gasteiger partial charge in [-0.15, -0.1) is 24.8 Å². The molecule has 18 heavy (non-hydrogen) atoms. The maximum atomic E-state index is 12.7. The van der Waals surface area contributed by atoms with Gasteiger partial charge in [0.2, 0.25) is 0 Å². The van der Waals surface area contributed by atoms with Crippen LogP contribution in [0.15, 0.2) is 0 Å². The summed E-state index contributed by atoms with van der Waals surface area (Å²) < 4.78 is 96.5. The van der Waals surface area contributed by atoms with Crippen LogP contribution in [0.25, 0.3) is 0 Å². The van der Waals surface area contributed by atoms with Crippen molar-refractivity contribution in [2.24, 2.45) is 11.5 Å². The van der Waals surface area contributed by atoms with Gasteiger partial charge < -0.3 is 5.73 Å². The van der Waals surface area contributed by atoms with Crippen molar-refractivity contribution in [3.63, 3.8) is 0 Å². The fourth-order valence-corrected chi connectivity index (χ4v) is 0.758. The predicted octanol–water partition coefficient (Wildman–Crippen LogP) is 2.29. The topological polar surface area (TPSA) is 52.0 Å². The van der Waals surface area contributed by atoms with Crippen LogP contribution < -0.4 is 11.5 Å². The molecule has 0 aliphatic heterocycles. The maximum absolute atomic E-state index is 12.7. The van der Waals surface area contributed by atoms with Gasteiger partial charge in [0.15, 0.2) is 12.3 Å². The van der Waals surface area contributed by atoms with Crippen molar-refractivity contribution in [1.82, 2.24) is 0 Å². The van der Waals surface area contributed by atoms with Crippen LogP contribution in [-0.4, -0.2) is 36.8 Å². The van der Waals surface area contributed by atoms with E-state index in [1.54, 1.807) is 0 Å². The van der Waals surface area contributed by atoms with Crippen LogP contribution in [0.2, 0.25) is 0 Å². The average molecular weight is 333 g/mol. The highest BCUT2D eigenvalue weighted by atomic mass is 35.5. The third-order valence-corrected chi connectivity index (χ3v) is 1.81. The van der Waals surface area contributed by atoms with Gasteiger partial charge in [-0.05, 0) is 0 Å². The van der Waals surface area contributed by atoms with E-state index in [1.165, 1.54) is 0 Å². The zero-order valence-electron chi connectivity index (χ0n) is 8.30. The van der Waals surface area contributed by atoms with E-state index < -0.39 is 36.8 Å². The highest BCUT2D eigenvalue weighted by Crippen LogP contribution is 2.34. The van der Waals surface area contributed by atoms with Crippen LogP contribution in [0.1, 0.15) is 0 Å². The summed E-state index contributed by atoms with van der Waals surface area (Å²) >= 11 is 0. The van der Waals surface area contributed by atoms with E-state index in [-0.39, 0.29) is 24.8 Å². The summed E-state index contributed by atoms with van der Waals surface area (Å²) in [4.78, 5) is 0. The van der Waals surface area contributed by atoms with Gasteiger partial charge in [-0.3, -0.25) is 5.73 Å². The van der Waals surface area contributed by atoms with Crippen LogP contribution in [-0.2, 0) is 0 Å². The molecule has 0 bridgehead atoms. The van der Waals surface area contributed by atoms with Crippen molar-refractivity contribution in [2.45, 2.75) is 36.8 Å². The molecule has 0 rings (SSSR count). The quantitative estimate of drug-likeness (QED) is 0.613. The van der Waals surface area contributed by atoms with E-state index in [0.717, 1.165) is 0 Å². The minimum absolute atomic E-state index is 0. The first-order chi connectivity index (χ1) is 6.93. The van der Waals surface area contributed by atoms with Gasteiger partial charge >= 0.3 is 6.18 Å². The van der Waals surface area contributed by atoms with Crippen LogP contribution in [0, 0.1) is 0 Å². The second-order valence-electron chi connectivity index (χ2n) is 3.01. The smallest absolute Gasteiger partial charge is 0.321 e. The van der Waals surface area contributed by atoms with Crippen molar-refractivity contribution in [3.8, 4) is 0 Å². The maximum Gasteiger partial charge on any atom is 0.437 e. The second kappa shape index (κ2) is 7.51. The van der Waals surface area contributed by atoms with Gasteiger partial charge in [0.05, 0.1) is 6.04 Å². The monoisotopic (exact) mass is 332 g/mol. The van der Waals surface area contributed by atoms with Gasteiger partial charge in [0.25, 0.3) is 12.2 Å². The molecule has 12 heteroatoms. The fourth-order valence-electron chi connectivity index (χ4n) is 0.758. The number of hydrogen-bond donors (Lipinski definition) is 2. The lowest BCUT2D eigenvalue weighted by atomic mass is 9.99. The lowest BCUT2D eigenvalue weighted by molar-refractivity contribution is -0.243. The standard InChI is InChI=1S/C6H8F8N2.2ClH/c7-1(2(8)4(9)10)3(15)5(11,16)6(12,13)14;;/h1-4H,15-16H2;2*1H. The number of halogens is 10. The molecular formula is C6H10Cl2F8N2. The summed E-state index contributed by atoms with van der Waals surface area (Å²) in [6.07, 6.45) is -16.9. The van der Waals surface area contributed by atoms with Gasteiger partial charge in [-0.25, -0.2) is 22.0 Å². The normalized spacial score (nSPS) is 20.2. The lowest BCUT2D eigenvalue weighted by Gasteiger charge is -2.31. The van der Waals surface area contributed by atoms with Crippen LogP contribution in [0.4, 0.5) is 35.1 Å². The van der Waals surface area contributed by atoms with Gasteiger partial charge in [-0.2, -0.15) is 13.2 Å². The summed E-state index contributed by atoms with van der Waals surface area (Å²) in [7, 11) is 0. The zero-order chi connectivity index (χ0) is 13.3. The number of nitrogens with two attached hydrogens (primary N) is 2. The first-order valence-corrected chi connectivity index (χ1v) is 3.79. The fraction of sp³-hybridized carbons (Fsp3) is 1.00. The summed E-state index contributed by atoms with van der Waals surface area (Å²) in [5.74, 6) is -4.79. The molecule has 0 aliphatic rings. The Bertz CT molecular complexity index is 236. The minimum Gasteiger partial charge on any atom is -0.321 e.